The molecule has 0 N–H and O–H groups in total. The van der Waals surface area contributed by atoms with Gasteiger partial charge in [0.2, 0.25) is 0 Å². The van der Waals surface area contributed by atoms with Crippen molar-refractivity contribution < 1.29 is 0 Å². The third-order valence-electron chi connectivity index (χ3n) is 1.84. The molecule has 0 aliphatic carbocycles. The lowest BCUT2D eigenvalue weighted by molar-refractivity contribution is 0.594. The van der Waals surface area contributed by atoms with E-state index in [2.05, 4.69) is 0 Å². The van der Waals surface area contributed by atoms with Gasteiger partial charge < -0.3 is 0 Å². The van der Waals surface area contributed by atoms with Crippen molar-refractivity contribution in [1.29, 1.82) is 0 Å². The maximum absolute atomic E-state index is 5.61. The standard InChI is InChI=1S/C9H16Cl4/c10-8-6-4-2-1-3-5-7-9(11,12)13/h1-8H2. The van der Waals surface area contributed by atoms with Crippen LogP contribution in [0.1, 0.15) is 44.9 Å². The highest BCUT2D eigenvalue weighted by atomic mass is 35.6. The first-order valence-corrected chi connectivity index (χ1v) is 6.36. The van der Waals surface area contributed by atoms with E-state index in [1.807, 2.05) is 0 Å². The van der Waals surface area contributed by atoms with Gasteiger partial charge in [-0.05, 0) is 19.3 Å². The topological polar surface area (TPSA) is 0 Å². The van der Waals surface area contributed by atoms with Crippen LogP contribution in [0.25, 0.3) is 0 Å². The first-order valence-electron chi connectivity index (χ1n) is 4.69. The zero-order chi connectivity index (χ0) is 10.2. The monoisotopic (exact) mass is 264 g/mol. The van der Waals surface area contributed by atoms with Gasteiger partial charge in [0.25, 0.3) is 0 Å². The van der Waals surface area contributed by atoms with E-state index in [4.69, 9.17) is 46.4 Å². The number of hydrogen-bond acceptors (Lipinski definition) is 0. The fourth-order valence-electron chi connectivity index (χ4n) is 1.13. The van der Waals surface area contributed by atoms with Crippen LogP contribution in [-0.2, 0) is 0 Å². The Hall–Kier alpha value is 1.16. The van der Waals surface area contributed by atoms with Crippen LogP contribution in [0.15, 0.2) is 0 Å². The summed E-state index contributed by atoms with van der Waals surface area (Å²) in [5, 5.41) is 0. The predicted molar refractivity (Wildman–Crippen MR) is 63.3 cm³/mol. The molecule has 0 bridgehead atoms. The molecule has 0 fully saturated rings. The van der Waals surface area contributed by atoms with E-state index in [1.54, 1.807) is 0 Å². The smallest absolute Gasteiger partial charge is 0.127 e. The van der Waals surface area contributed by atoms with Gasteiger partial charge in [-0.25, -0.2) is 0 Å². The first kappa shape index (κ1) is 14.2. The molecule has 13 heavy (non-hydrogen) atoms. The van der Waals surface area contributed by atoms with E-state index in [0.29, 0.717) is 6.42 Å². The summed E-state index contributed by atoms with van der Waals surface area (Å²) in [6, 6.07) is 0. The Morgan fingerprint density at radius 3 is 1.62 bits per heavy atom. The summed E-state index contributed by atoms with van der Waals surface area (Å²) in [4.78, 5) is 0. The molecule has 4 heteroatoms. The fraction of sp³-hybridized carbons (Fsp3) is 1.00. The molecule has 0 nitrogen and oxygen atoms in total. The van der Waals surface area contributed by atoms with Gasteiger partial charge in [0, 0.05) is 5.88 Å². The van der Waals surface area contributed by atoms with Crippen LogP contribution in [0, 0.1) is 0 Å². The molecular formula is C9H16Cl4. The average Bonchev–Trinajstić information content (AvgIpc) is 2.01. The maximum atomic E-state index is 5.61. The molecular weight excluding hydrogens is 250 g/mol. The van der Waals surface area contributed by atoms with Crippen molar-refractivity contribution in [2.45, 2.75) is 48.7 Å². The highest BCUT2D eigenvalue weighted by molar-refractivity contribution is 6.67. The van der Waals surface area contributed by atoms with Gasteiger partial charge in [-0.2, -0.15) is 0 Å². The lowest BCUT2D eigenvalue weighted by Crippen LogP contribution is -2.00. The minimum Gasteiger partial charge on any atom is -0.127 e. The number of rotatable bonds is 7. The molecule has 0 atom stereocenters. The van der Waals surface area contributed by atoms with Crippen molar-refractivity contribution in [3.05, 3.63) is 0 Å². The van der Waals surface area contributed by atoms with E-state index in [0.717, 1.165) is 25.1 Å². The van der Waals surface area contributed by atoms with Crippen molar-refractivity contribution in [2.24, 2.45) is 0 Å². The lowest BCUT2D eigenvalue weighted by Gasteiger charge is -2.09. The zero-order valence-electron chi connectivity index (χ0n) is 7.67. The van der Waals surface area contributed by atoms with Gasteiger partial charge in [0.05, 0.1) is 0 Å². The number of unbranched alkanes of at least 4 members (excludes halogenated alkanes) is 5. The van der Waals surface area contributed by atoms with Crippen LogP contribution in [0.4, 0.5) is 0 Å². The molecule has 0 saturated carbocycles. The van der Waals surface area contributed by atoms with Crippen molar-refractivity contribution >= 4 is 46.4 Å². The number of halogens is 4. The largest absolute Gasteiger partial charge is 0.190 e. The molecule has 0 aromatic heterocycles. The Morgan fingerprint density at radius 1 is 0.692 bits per heavy atom. The highest BCUT2D eigenvalue weighted by Gasteiger charge is 2.17. The molecule has 0 saturated heterocycles. The Kier molecular flexibility index (Phi) is 9.22. The van der Waals surface area contributed by atoms with E-state index < -0.39 is 3.79 Å². The van der Waals surface area contributed by atoms with Crippen LogP contribution in [0.5, 0.6) is 0 Å². The second kappa shape index (κ2) is 8.47. The Labute approximate surface area is 101 Å². The molecule has 0 heterocycles. The van der Waals surface area contributed by atoms with E-state index >= 15 is 0 Å². The molecule has 80 valence electrons. The molecule has 0 aliphatic rings. The minimum absolute atomic E-state index is 0.660. The van der Waals surface area contributed by atoms with Crippen LogP contribution >= 0.6 is 46.4 Å². The maximum Gasteiger partial charge on any atom is 0.190 e. The molecule has 0 unspecified atom stereocenters. The quantitative estimate of drug-likeness (QED) is 0.431. The average molecular weight is 266 g/mol. The van der Waals surface area contributed by atoms with Gasteiger partial charge in [0.15, 0.2) is 3.79 Å². The molecule has 0 rings (SSSR count). The van der Waals surface area contributed by atoms with Crippen molar-refractivity contribution in [2.75, 3.05) is 5.88 Å². The van der Waals surface area contributed by atoms with Crippen molar-refractivity contribution in [1.82, 2.24) is 0 Å². The third kappa shape index (κ3) is 13.2. The molecule has 0 amide bonds. The summed E-state index contributed by atoms with van der Waals surface area (Å²) in [5.41, 5.74) is 0. The summed E-state index contributed by atoms with van der Waals surface area (Å²) < 4.78 is -1.06. The molecule has 0 aromatic carbocycles. The molecule has 0 radical (unpaired) electrons. The normalized spacial score (nSPS) is 12.0. The number of hydrogen-bond donors (Lipinski definition) is 0. The summed E-state index contributed by atoms with van der Waals surface area (Å²) in [5.74, 6) is 0.772. The Morgan fingerprint density at radius 2 is 1.15 bits per heavy atom. The molecule has 0 spiro atoms. The van der Waals surface area contributed by atoms with E-state index in [9.17, 15) is 0 Å². The van der Waals surface area contributed by atoms with Crippen LogP contribution < -0.4 is 0 Å². The van der Waals surface area contributed by atoms with Crippen LogP contribution in [0.3, 0.4) is 0 Å². The van der Waals surface area contributed by atoms with Crippen LogP contribution in [0.2, 0.25) is 0 Å². The van der Waals surface area contributed by atoms with Crippen molar-refractivity contribution in [3.63, 3.8) is 0 Å². The van der Waals surface area contributed by atoms with Gasteiger partial charge >= 0.3 is 0 Å². The van der Waals surface area contributed by atoms with Crippen LogP contribution in [-0.4, -0.2) is 9.67 Å². The Bertz CT molecular complexity index is 109. The minimum atomic E-state index is -1.06. The summed E-state index contributed by atoms with van der Waals surface area (Å²) in [7, 11) is 0. The number of alkyl halides is 4. The third-order valence-corrected chi connectivity index (χ3v) is 2.68. The van der Waals surface area contributed by atoms with Crippen molar-refractivity contribution in [3.8, 4) is 0 Å². The molecule has 0 aromatic rings. The van der Waals surface area contributed by atoms with E-state index in [-0.39, 0.29) is 0 Å². The lowest BCUT2D eigenvalue weighted by atomic mass is 10.1. The summed E-state index contributed by atoms with van der Waals surface area (Å²) in [6.45, 7) is 0. The highest BCUT2D eigenvalue weighted by Crippen LogP contribution is 2.32. The summed E-state index contributed by atoms with van der Waals surface area (Å²) in [6.07, 6.45) is 7.61. The SMILES string of the molecule is ClCCCCCCCCC(Cl)(Cl)Cl. The fourth-order valence-corrected chi connectivity index (χ4v) is 1.72. The van der Waals surface area contributed by atoms with E-state index in [1.165, 1.54) is 19.3 Å². The summed E-state index contributed by atoms with van der Waals surface area (Å²) >= 11 is 22.4. The second-order valence-electron chi connectivity index (χ2n) is 3.18. The first-order chi connectivity index (χ1) is 6.06. The Balaban J connectivity index is 3.00. The van der Waals surface area contributed by atoms with Gasteiger partial charge in [-0.15, -0.1) is 11.6 Å². The van der Waals surface area contributed by atoms with Gasteiger partial charge in [0.1, 0.15) is 0 Å². The zero-order valence-corrected chi connectivity index (χ0v) is 10.7. The van der Waals surface area contributed by atoms with Gasteiger partial charge in [-0.3, -0.25) is 0 Å². The molecule has 0 aliphatic heterocycles. The second-order valence-corrected chi connectivity index (χ2v) is 6.07. The predicted octanol–water partition coefficient (Wildman–Crippen LogP) is 5.33. The van der Waals surface area contributed by atoms with Gasteiger partial charge in [-0.1, -0.05) is 60.5 Å².